The summed E-state index contributed by atoms with van der Waals surface area (Å²) in [5.41, 5.74) is 0.337. The molecule has 0 aromatic heterocycles. The van der Waals surface area contributed by atoms with Gasteiger partial charge in [0.25, 0.3) is 11.8 Å². The Hall–Kier alpha value is -3.91. The van der Waals surface area contributed by atoms with Crippen molar-refractivity contribution in [3.63, 3.8) is 0 Å². The molecule has 1 aromatic rings. The first kappa shape index (κ1) is 25.2. The normalized spacial score (nSPS) is 25.1. The molecule has 0 saturated carbocycles. The number of benzene rings is 1. The summed E-state index contributed by atoms with van der Waals surface area (Å²) in [5.74, 6) is -5.33. The van der Waals surface area contributed by atoms with Gasteiger partial charge in [-0.25, -0.2) is 9.59 Å². The van der Waals surface area contributed by atoms with E-state index in [1.807, 2.05) is 0 Å². The number of esters is 1. The topological polar surface area (TPSA) is 192 Å². The van der Waals surface area contributed by atoms with Gasteiger partial charge < -0.3 is 30.3 Å². The molecule has 3 aliphatic heterocycles. The number of hydrogen-bond donors (Lipinski definition) is 4. The number of fused-ring (bicyclic) bond motifs is 1. The number of ether oxygens (including phenoxy) is 2. The minimum atomic E-state index is -1.37. The molecule has 0 spiro atoms. The first-order chi connectivity index (χ1) is 17.1. The Balaban J connectivity index is 1.49. The summed E-state index contributed by atoms with van der Waals surface area (Å²) < 4.78 is 9.73. The second-order valence-electron chi connectivity index (χ2n) is 8.10. The Morgan fingerprint density at radius 3 is 2.44 bits per heavy atom. The molecule has 4 rings (SSSR count). The van der Waals surface area contributed by atoms with Gasteiger partial charge in [-0.3, -0.25) is 24.1 Å². The number of nitrogens with one attached hydrogen (secondary N) is 2. The maximum atomic E-state index is 13.2. The van der Waals surface area contributed by atoms with Crippen LogP contribution in [0.5, 0.6) is 0 Å². The summed E-state index contributed by atoms with van der Waals surface area (Å²) in [4.78, 5) is 73.5. The van der Waals surface area contributed by atoms with E-state index in [2.05, 4.69) is 10.6 Å². The molecule has 3 amide bonds. The van der Waals surface area contributed by atoms with Crippen LogP contribution in [0.25, 0.3) is 0 Å². The molecule has 5 atom stereocenters. The van der Waals surface area contributed by atoms with Crippen LogP contribution in [0, 0.1) is 0 Å². The highest BCUT2D eigenvalue weighted by Gasteiger charge is 2.55. The van der Waals surface area contributed by atoms with Gasteiger partial charge in [-0.2, -0.15) is 0 Å². The molecule has 4 N–H and O–H groups in total. The first-order valence-electron chi connectivity index (χ1n) is 10.7. The number of hydrogen-bond acceptors (Lipinski definition) is 9. The van der Waals surface area contributed by atoms with Crippen molar-refractivity contribution in [1.29, 1.82) is 0 Å². The Labute approximate surface area is 207 Å². The summed E-state index contributed by atoms with van der Waals surface area (Å²) in [6.45, 7) is 0.902. The molecule has 1 aromatic carbocycles. The highest BCUT2D eigenvalue weighted by Crippen LogP contribution is 2.40. The maximum Gasteiger partial charge on any atom is 0.352 e. The molecule has 14 heteroatoms. The van der Waals surface area contributed by atoms with E-state index in [9.17, 15) is 33.9 Å². The minimum Gasteiger partial charge on any atom is -0.479 e. The van der Waals surface area contributed by atoms with Crippen molar-refractivity contribution >= 4 is 47.4 Å². The number of aliphatic carboxylic acids is 2. The van der Waals surface area contributed by atoms with E-state index in [1.54, 1.807) is 30.3 Å². The van der Waals surface area contributed by atoms with Gasteiger partial charge in [-0.05, 0) is 5.56 Å². The maximum absolute atomic E-state index is 13.2. The molecule has 2 fully saturated rings. The van der Waals surface area contributed by atoms with Crippen molar-refractivity contribution in [3.05, 3.63) is 47.2 Å². The molecule has 36 heavy (non-hydrogen) atoms. The fourth-order valence-corrected chi connectivity index (χ4v) is 5.22. The molecular formula is C22H21N3O10S. The number of carbonyl (C=O) groups is 6. The predicted molar refractivity (Wildman–Crippen MR) is 120 cm³/mol. The van der Waals surface area contributed by atoms with Gasteiger partial charge in [-0.15, -0.1) is 11.8 Å². The Morgan fingerprint density at radius 1 is 1.17 bits per heavy atom. The van der Waals surface area contributed by atoms with Crippen molar-refractivity contribution in [2.75, 3.05) is 12.4 Å². The van der Waals surface area contributed by atoms with E-state index >= 15 is 0 Å². The minimum absolute atomic E-state index is 0.157. The van der Waals surface area contributed by atoms with Crippen LogP contribution in [0.2, 0.25) is 0 Å². The Kier molecular flexibility index (Phi) is 6.99. The molecule has 190 valence electrons. The summed E-state index contributed by atoms with van der Waals surface area (Å²) in [5, 5.41) is 22.9. The van der Waals surface area contributed by atoms with Gasteiger partial charge in [0.2, 0.25) is 5.91 Å². The summed E-state index contributed by atoms with van der Waals surface area (Å²) >= 11 is 1.19. The largest absolute Gasteiger partial charge is 0.479 e. The van der Waals surface area contributed by atoms with E-state index in [4.69, 9.17) is 14.6 Å². The van der Waals surface area contributed by atoms with Gasteiger partial charge in [0.05, 0.1) is 0 Å². The van der Waals surface area contributed by atoms with Crippen molar-refractivity contribution in [2.45, 2.75) is 36.6 Å². The van der Waals surface area contributed by atoms with Crippen LogP contribution >= 0.6 is 11.8 Å². The van der Waals surface area contributed by atoms with Crippen LogP contribution in [0.1, 0.15) is 18.5 Å². The molecule has 13 nitrogen and oxygen atoms in total. The third-order valence-electron chi connectivity index (χ3n) is 5.67. The lowest BCUT2D eigenvalue weighted by Gasteiger charge is -2.49. The first-order valence-corrected chi connectivity index (χ1v) is 11.7. The number of carboxylic acid groups (broad SMARTS) is 2. The second kappa shape index (κ2) is 9.99. The van der Waals surface area contributed by atoms with Crippen LogP contribution in [0.4, 0.5) is 0 Å². The fourth-order valence-electron chi connectivity index (χ4n) is 3.89. The van der Waals surface area contributed by atoms with Gasteiger partial charge in [-0.1, -0.05) is 30.3 Å². The SMILES string of the molecule is CC(=O)OCC1=C(C(=O)O)N2C(=O)[C@@H](NC(=O)C(NC(=O)[C@@H]3O[C@@H]3C(=O)O)c3ccccc3)[C@H]2SC1. The number of carbonyl (C=O) groups excluding carboxylic acids is 4. The average molecular weight is 519 g/mol. The zero-order valence-corrected chi connectivity index (χ0v) is 19.5. The molecule has 3 heterocycles. The monoisotopic (exact) mass is 519 g/mol. The van der Waals surface area contributed by atoms with E-state index < -0.39 is 65.3 Å². The summed E-state index contributed by atoms with van der Waals surface area (Å²) in [6.07, 6.45) is -2.54. The molecule has 2 saturated heterocycles. The molecule has 3 aliphatic rings. The highest BCUT2D eigenvalue weighted by atomic mass is 32.2. The number of thioether (sulfide) groups is 1. The molecule has 0 aliphatic carbocycles. The lowest BCUT2D eigenvalue weighted by molar-refractivity contribution is -0.151. The van der Waals surface area contributed by atoms with Crippen LogP contribution in [0.3, 0.4) is 0 Å². The number of epoxide rings is 1. The van der Waals surface area contributed by atoms with Crippen LogP contribution in [-0.4, -0.2) is 86.7 Å². The van der Waals surface area contributed by atoms with Gasteiger partial charge in [0.1, 0.15) is 29.8 Å². The number of rotatable bonds is 9. The van der Waals surface area contributed by atoms with Crippen LogP contribution in [0.15, 0.2) is 41.6 Å². The van der Waals surface area contributed by atoms with Gasteiger partial charge in [0.15, 0.2) is 12.2 Å². The van der Waals surface area contributed by atoms with Crippen molar-refractivity contribution in [1.82, 2.24) is 15.5 Å². The van der Waals surface area contributed by atoms with E-state index in [-0.39, 0.29) is 23.6 Å². The summed E-state index contributed by atoms with van der Waals surface area (Å²) in [6, 6.07) is 5.78. The van der Waals surface area contributed by atoms with Crippen molar-refractivity contribution in [2.24, 2.45) is 0 Å². The predicted octanol–water partition coefficient (Wildman–Crippen LogP) is -1.00. The van der Waals surface area contributed by atoms with Crippen molar-refractivity contribution in [3.8, 4) is 0 Å². The smallest absolute Gasteiger partial charge is 0.352 e. The molecule has 0 bridgehead atoms. The van der Waals surface area contributed by atoms with Crippen LogP contribution < -0.4 is 10.6 Å². The molecule has 0 radical (unpaired) electrons. The number of nitrogens with zero attached hydrogens (tertiary/aromatic N) is 1. The average Bonchev–Trinajstić information content (AvgIpc) is 3.65. The zero-order valence-electron chi connectivity index (χ0n) is 18.7. The van der Waals surface area contributed by atoms with E-state index in [0.717, 1.165) is 4.90 Å². The standard InChI is InChI=1S/C22H21N3O10S/c1-9(26)34-7-11-8-36-20-13(19(29)25(20)14(11)21(30)31)24-17(27)12(10-5-3-2-4-6-10)23-18(28)15-16(35-15)22(32)33/h2-6,12-13,15-16,20H,7-8H2,1H3,(H,23,28)(H,24,27)(H,30,31)(H,32,33)/t12?,13-,15-,16+,20-/m1/s1. The molecular weight excluding hydrogens is 498 g/mol. The van der Waals surface area contributed by atoms with Gasteiger partial charge >= 0.3 is 17.9 Å². The summed E-state index contributed by atoms with van der Waals surface area (Å²) in [7, 11) is 0. The zero-order chi connectivity index (χ0) is 26.1. The Morgan fingerprint density at radius 2 is 1.86 bits per heavy atom. The van der Waals surface area contributed by atoms with Crippen LogP contribution in [-0.2, 0) is 38.2 Å². The Bertz CT molecular complexity index is 1170. The van der Waals surface area contributed by atoms with E-state index in [1.165, 1.54) is 18.7 Å². The van der Waals surface area contributed by atoms with Gasteiger partial charge in [0, 0.05) is 18.2 Å². The number of amides is 3. The molecule has 1 unspecified atom stereocenters. The third kappa shape index (κ3) is 4.90. The van der Waals surface area contributed by atoms with E-state index in [0.29, 0.717) is 5.56 Å². The fraction of sp³-hybridized carbons (Fsp3) is 0.364. The highest BCUT2D eigenvalue weighted by molar-refractivity contribution is 8.00. The quantitative estimate of drug-likeness (QED) is 0.178. The third-order valence-corrected chi connectivity index (χ3v) is 7.01. The second-order valence-corrected chi connectivity index (χ2v) is 9.21. The lowest BCUT2D eigenvalue weighted by atomic mass is 10.0. The number of carboxylic acids is 2. The van der Waals surface area contributed by atoms with Crippen molar-refractivity contribution < 1.29 is 48.5 Å². The lowest BCUT2D eigenvalue weighted by Crippen LogP contribution is -2.71. The number of β-lactam (4-membered cyclic amide) rings is 1.